The standard InChI is InChI=1S/C14H15N3O2/c1-9-4-3-5-11(10(9)2)17-14(19)13-12(8-18)15-6-7-16-13/h3-7,18H,8H2,1-2H3,(H,17,19). The minimum absolute atomic E-state index is 0.144. The fraction of sp³-hybridized carbons (Fsp3) is 0.214. The third kappa shape index (κ3) is 2.77. The third-order valence-electron chi connectivity index (χ3n) is 2.99. The summed E-state index contributed by atoms with van der Waals surface area (Å²) in [5.41, 5.74) is 3.25. The molecule has 0 bridgehead atoms. The van der Waals surface area contributed by atoms with E-state index in [1.165, 1.54) is 12.4 Å². The first-order valence-electron chi connectivity index (χ1n) is 5.91. The van der Waals surface area contributed by atoms with Gasteiger partial charge in [-0.15, -0.1) is 0 Å². The number of nitrogens with one attached hydrogen (secondary N) is 1. The molecule has 0 atom stereocenters. The zero-order chi connectivity index (χ0) is 13.8. The summed E-state index contributed by atoms with van der Waals surface area (Å²) < 4.78 is 0. The summed E-state index contributed by atoms with van der Waals surface area (Å²) in [6.45, 7) is 3.60. The molecule has 1 heterocycles. The summed E-state index contributed by atoms with van der Waals surface area (Å²) in [4.78, 5) is 20.0. The molecule has 5 heteroatoms. The Bertz CT molecular complexity index is 611. The van der Waals surface area contributed by atoms with Crippen LogP contribution in [0.3, 0.4) is 0 Å². The highest BCUT2D eigenvalue weighted by molar-refractivity contribution is 6.04. The Morgan fingerprint density at radius 2 is 2.00 bits per heavy atom. The van der Waals surface area contributed by atoms with Crippen LogP contribution in [-0.2, 0) is 6.61 Å². The van der Waals surface area contributed by atoms with Gasteiger partial charge >= 0.3 is 0 Å². The molecule has 98 valence electrons. The van der Waals surface area contributed by atoms with Gasteiger partial charge in [-0.25, -0.2) is 4.98 Å². The van der Waals surface area contributed by atoms with Crippen molar-refractivity contribution in [1.29, 1.82) is 0 Å². The monoisotopic (exact) mass is 257 g/mol. The van der Waals surface area contributed by atoms with Crippen LogP contribution in [0.5, 0.6) is 0 Å². The van der Waals surface area contributed by atoms with Crippen molar-refractivity contribution in [3.05, 3.63) is 53.1 Å². The van der Waals surface area contributed by atoms with Gasteiger partial charge in [0, 0.05) is 18.1 Å². The Morgan fingerprint density at radius 1 is 1.26 bits per heavy atom. The molecule has 2 aromatic rings. The molecule has 19 heavy (non-hydrogen) atoms. The van der Waals surface area contributed by atoms with Crippen LogP contribution < -0.4 is 5.32 Å². The molecule has 2 N–H and O–H groups in total. The maximum Gasteiger partial charge on any atom is 0.276 e. The number of benzene rings is 1. The molecule has 5 nitrogen and oxygen atoms in total. The maximum absolute atomic E-state index is 12.1. The van der Waals surface area contributed by atoms with Crippen molar-refractivity contribution in [1.82, 2.24) is 9.97 Å². The van der Waals surface area contributed by atoms with E-state index in [1.54, 1.807) is 0 Å². The van der Waals surface area contributed by atoms with Gasteiger partial charge in [0.05, 0.1) is 12.3 Å². The van der Waals surface area contributed by atoms with Gasteiger partial charge in [0.1, 0.15) is 0 Å². The second-order valence-corrected chi connectivity index (χ2v) is 4.21. The van der Waals surface area contributed by atoms with E-state index in [9.17, 15) is 4.79 Å². The maximum atomic E-state index is 12.1. The molecular weight excluding hydrogens is 242 g/mol. The van der Waals surface area contributed by atoms with Gasteiger partial charge in [-0.05, 0) is 31.0 Å². The Labute approximate surface area is 111 Å². The minimum atomic E-state index is -0.370. The van der Waals surface area contributed by atoms with Crippen molar-refractivity contribution in [3.8, 4) is 0 Å². The van der Waals surface area contributed by atoms with Crippen LogP contribution >= 0.6 is 0 Å². The summed E-state index contributed by atoms with van der Waals surface area (Å²) in [6, 6.07) is 5.68. The number of hydrogen-bond acceptors (Lipinski definition) is 4. The number of aliphatic hydroxyl groups excluding tert-OH is 1. The number of carbonyl (C=O) groups is 1. The number of rotatable bonds is 3. The lowest BCUT2D eigenvalue weighted by molar-refractivity contribution is 0.101. The molecular formula is C14H15N3O2. The van der Waals surface area contributed by atoms with Crippen LogP contribution in [0, 0.1) is 13.8 Å². The second-order valence-electron chi connectivity index (χ2n) is 4.21. The number of amides is 1. The van der Waals surface area contributed by atoms with Gasteiger partial charge in [-0.3, -0.25) is 9.78 Å². The molecule has 0 spiro atoms. The van der Waals surface area contributed by atoms with E-state index < -0.39 is 0 Å². The largest absolute Gasteiger partial charge is 0.390 e. The zero-order valence-electron chi connectivity index (χ0n) is 10.8. The quantitative estimate of drug-likeness (QED) is 0.879. The highest BCUT2D eigenvalue weighted by Gasteiger charge is 2.14. The molecule has 0 aliphatic carbocycles. The predicted octanol–water partition coefficient (Wildman–Crippen LogP) is 1.84. The first-order valence-corrected chi connectivity index (χ1v) is 5.91. The van der Waals surface area contributed by atoms with Crippen molar-refractivity contribution in [2.75, 3.05) is 5.32 Å². The highest BCUT2D eigenvalue weighted by Crippen LogP contribution is 2.18. The fourth-order valence-corrected chi connectivity index (χ4v) is 1.74. The number of hydrogen-bond donors (Lipinski definition) is 2. The number of nitrogens with zero attached hydrogens (tertiary/aromatic N) is 2. The van der Waals surface area contributed by atoms with E-state index >= 15 is 0 Å². The molecule has 0 radical (unpaired) electrons. The molecule has 0 fully saturated rings. The van der Waals surface area contributed by atoms with E-state index in [2.05, 4.69) is 15.3 Å². The second kappa shape index (κ2) is 5.58. The van der Waals surface area contributed by atoms with Crippen LogP contribution in [0.1, 0.15) is 27.3 Å². The van der Waals surface area contributed by atoms with E-state index in [1.807, 2.05) is 32.0 Å². The minimum Gasteiger partial charge on any atom is -0.390 e. The van der Waals surface area contributed by atoms with Crippen LogP contribution in [0.4, 0.5) is 5.69 Å². The molecule has 1 aromatic heterocycles. The van der Waals surface area contributed by atoms with Crippen molar-refractivity contribution < 1.29 is 9.90 Å². The number of aryl methyl sites for hydroxylation is 1. The van der Waals surface area contributed by atoms with Gasteiger partial charge in [0.25, 0.3) is 5.91 Å². The van der Waals surface area contributed by atoms with Crippen LogP contribution in [0.25, 0.3) is 0 Å². The Morgan fingerprint density at radius 3 is 2.74 bits per heavy atom. The molecule has 0 unspecified atom stereocenters. The van der Waals surface area contributed by atoms with Crippen LogP contribution in [0.15, 0.2) is 30.6 Å². The van der Waals surface area contributed by atoms with Crippen LogP contribution in [-0.4, -0.2) is 21.0 Å². The molecule has 2 rings (SSSR count). The average molecular weight is 257 g/mol. The van der Waals surface area contributed by atoms with Crippen LogP contribution in [0.2, 0.25) is 0 Å². The normalized spacial score (nSPS) is 10.3. The van der Waals surface area contributed by atoms with E-state index in [-0.39, 0.29) is 23.9 Å². The molecule has 0 aliphatic rings. The van der Waals surface area contributed by atoms with E-state index in [0.29, 0.717) is 0 Å². The first kappa shape index (κ1) is 13.2. The lowest BCUT2D eigenvalue weighted by Crippen LogP contribution is -2.17. The number of carbonyl (C=O) groups excluding carboxylic acids is 1. The van der Waals surface area contributed by atoms with Crippen molar-refractivity contribution in [2.24, 2.45) is 0 Å². The lowest BCUT2D eigenvalue weighted by atomic mass is 10.1. The van der Waals surface area contributed by atoms with E-state index in [0.717, 1.165) is 16.8 Å². The molecule has 0 saturated carbocycles. The van der Waals surface area contributed by atoms with Gasteiger partial charge < -0.3 is 10.4 Å². The van der Waals surface area contributed by atoms with Gasteiger partial charge in [-0.2, -0.15) is 0 Å². The van der Waals surface area contributed by atoms with Crippen molar-refractivity contribution in [2.45, 2.75) is 20.5 Å². The van der Waals surface area contributed by atoms with Gasteiger partial charge in [-0.1, -0.05) is 12.1 Å². The summed E-state index contributed by atoms with van der Waals surface area (Å²) in [6.07, 6.45) is 2.87. The van der Waals surface area contributed by atoms with Gasteiger partial charge in [0.2, 0.25) is 0 Å². The number of aliphatic hydroxyl groups is 1. The molecule has 0 saturated heterocycles. The van der Waals surface area contributed by atoms with Crippen molar-refractivity contribution >= 4 is 11.6 Å². The Hall–Kier alpha value is -2.27. The lowest BCUT2D eigenvalue weighted by Gasteiger charge is -2.10. The number of aromatic nitrogens is 2. The average Bonchev–Trinajstić information content (AvgIpc) is 2.43. The fourth-order valence-electron chi connectivity index (χ4n) is 1.74. The predicted molar refractivity (Wildman–Crippen MR) is 71.8 cm³/mol. The third-order valence-corrected chi connectivity index (χ3v) is 2.99. The van der Waals surface area contributed by atoms with Gasteiger partial charge in [0.15, 0.2) is 5.69 Å². The molecule has 1 amide bonds. The number of anilines is 1. The summed E-state index contributed by atoms with van der Waals surface area (Å²) in [7, 11) is 0. The summed E-state index contributed by atoms with van der Waals surface area (Å²) >= 11 is 0. The zero-order valence-corrected chi connectivity index (χ0v) is 10.8. The SMILES string of the molecule is Cc1cccc(NC(=O)c2nccnc2CO)c1C. The molecule has 1 aromatic carbocycles. The van der Waals surface area contributed by atoms with E-state index in [4.69, 9.17) is 5.11 Å². The van der Waals surface area contributed by atoms with Crippen molar-refractivity contribution in [3.63, 3.8) is 0 Å². The summed E-state index contributed by atoms with van der Waals surface area (Å²) in [5.74, 6) is -0.370. The first-order chi connectivity index (χ1) is 9.13. The topological polar surface area (TPSA) is 75.1 Å². The molecule has 0 aliphatic heterocycles. The summed E-state index contributed by atoms with van der Waals surface area (Å²) in [5, 5.41) is 11.9. The smallest absolute Gasteiger partial charge is 0.276 e. The highest BCUT2D eigenvalue weighted by atomic mass is 16.3. The Kier molecular flexibility index (Phi) is 3.87. The Balaban J connectivity index is 2.28.